The van der Waals surface area contributed by atoms with E-state index >= 15 is 0 Å². The molecule has 90 valence electrons. The highest BCUT2D eigenvalue weighted by Crippen LogP contribution is 2.36. The molecule has 1 aromatic heterocycles. The fourth-order valence-electron chi connectivity index (χ4n) is 2.59. The van der Waals surface area contributed by atoms with Crippen molar-refractivity contribution in [1.29, 1.82) is 5.26 Å². The molecule has 1 fully saturated rings. The summed E-state index contributed by atoms with van der Waals surface area (Å²) in [4.78, 5) is 4.06. The van der Waals surface area contributed by atoms with Gasteiger partial charge in [-0.25, -0.2) is 4.98 Å². The van der Waals surface area contributed by atoms with E-state index in [1.54, 1.807) is 6.20 Å². The van der Waals surface area contributed by atoms with Crippen LogP contribution in [0.4, 0.5) is 0 Å². The van der Waals surface area contributed by atoms with Crippen LogP contribution in [0, 0.1) is 16.7 Å². The largest absolute Gasteiger partial charge is 0.312 e. The Morgan fingerprint density at radius 1 is 1.47 bits per heavy atom. The van der Waals surface area contributed by atoms with E-state index in [9.17, 15) is 0 Å². The first-order valence-electron chi connectivity index (χ1n) is 6.28. The second-order valence-electron chi connectivity index (χ2n) is 5.24. The summed E-state index contributed by atoms with van der Waals surface area (Å²) in [6, 6.07) is 5.98. The van der Waals surface area contributed by atoms with Crippen molar-refractivity contribution in [3.8, 4) is 6.07 Å². The van der Waals surface area contributed by atoms with Crippen molar-refractivity contribution in [2.45, 2.75) is 39.2 Å². The molecule has 1 heterocycles. The van der Waals surface area contributed by atoms with Gasteiger partial charge >= 0.3 is 0 Å². The van der Waals surface area contributed by atoms with Gasteiger partial charge in [0.1, 0.15) is 11.8 Å². The Kier molecular flexibility index (Phi) is 3.75. The maximum Gasteiger partial charge on any atom is 0.144 e. The molecule has 0 radical (unpaired) electrons. The maximum atomic E-state index is 8.94. The predicted molar refractivity (Wildman–Crippen MR) is 67.2 cm³/mol. The molecule has 1 N–H and O–H groups in total. The standard InChI is InChI=1S/C14H19N3/c1-14(6-2-3-7-14)11-16-10-12-5-4-8-17-13(12)9-15/h4-5,8,16H,2-3,6-7,10-11H2,1H3. The van der Waals surface area contributed by atoms with Crippen molar-refractivity contribution in [1.82, 2.24) is 10.3 Å². The van der Waals surface area contributed by atoms with Crippen LogP contribution >= 0.6 is 0 Å². The molecule has 0 aliphatic heterocycles. The van der Waals surface area contributed by atoms with Gasteiger partial charge in [0.2, 0.25) is 0 Å². The van der Waals surface area contributed by atoms with Crippen molar-refractivity contribution in [3.63, 3.8) is 0 Å². The van der Waals surface area contributed by atoms with Crippen molar-refractivity contribution in [2.24, 2.45) is 5.41 Å². The zero-order valence-electron chi connectivity index (χ0n) is 10.4. The topological polar surface area (TPSA) is 48.7 Å². The number of aromatic nitrogens is 1. The third-order valence-corrected chi connectivity index (χ3v) is 3.68. The molecule has 0 amide bonds. The molecule has 0 atom stereocenters. The van der Waals surface area contributed by atoms with E-state index in [2.05, 4.69) is 23.3 Å². The van der Waals surface area contributed by atoms with E-state index in [-0.39, 0.29) is 0 Å². The van der Waals surface area contributed by atoms with E-state index < -0.39 is 0 Å². The normalized spacial score (nSPS) is 17.9. The van der Waals surface area contributed by atoms with Gasteiger partial charge in [-0.15, -0.1) is 0 Å². The lowest BCUT2D eigenvalue weighted by atomic mass is 9.89. The van der Waals surface area contributed by atoms with Gasteiger partial charge in [0.25, 0.3) is 0 Å². The van der Waals surface area contributed by atoms with E-state index in [4.69, 9.17) is 5.26 Å². The molecule has 1 aliphatic rings. The fraction of sp³-hybridized carbons (Fsp3) is 0.571. The van der Waals surface area contributed by atoms with Crippen LogP contribution < -0.4 is 5.32 Å². The number of hydrogen-bond acceptors (Lipinski definition) is 3. The van der Waals surface area contributed by atoms with Crippen LogP contribution in [0.2, 0.25) is 0 Å². The number of nitrogens with one attached hydrogen (secondary N) is 1. The Hall–Kier alpha value is -1.40. The first-order chi connectivity index (χ1) is 8.23. The second-order valence-corrected chi connectivity index (χ2v) is 5.24. The van der Waals surface area contributed by atoms with Crippen LogP contribution in [0.3, 0.4) is 0 Å². The van der Waals surface area contributed by atoms with Crippen LogP contribution in [0.1, 0.15) is 43.9 Å². The van der Waals surface area contributed by atoms with Gasteiger partial charge in [0.15, 0.2) is 0 Å². The number of pyridine rings is 1. The minimum absolute atomic E-state index is 0.453. The molecule has 0 spiro atoms. The van der Waals surface area contributed by atoms with E-state index in [1.807, 2.05) is 12.1 Å². The molecule has 0 saturated heterocycles. The van der Waals surface area contributed by atoms with E-state index in [1.165, 1.54) is 25.7 Å². The van der Waals surface area contributed by atoms with Gasteiger partial charge in [-0.1, -0.05) is 25.8 Å². The average Bonchev–Trinajstić information content (AvgIpc) is 2.77. The SMILES string of the molecule is CC1(CNCc2cccnc2C#N)CCCC1. The molecule has 0 aromatic carbocycles. The molecule has 2 rings (SSSR count). The van der Waals surface area contributed by atoms with Crippen molar-refractivity contribution in [2.75, 3.05) is 6.54 Å². The second kappa shape index (κ2) is 5.29. The molecule has 1 aromatic rings. The zero-order chi connectivity index (χ0) is 12.1. The third-order valence-electron chi connectivity index (χ3n) is 3.68. The predicted octanol–water partition coefficient (Wildman–Crippen LogP) is 2.62. The molecular weight excluding hydrogens is 210 g/mol. The number of nitriles is 1. The van der Waals surface area contributed by atoms with Crippen LogP contribution in [0.15, 0.2) is 18.3 Å². The van der Waals surface area contributed by atoms with Crippen molar-refractivity contribution >= 4 is 0 Å². The van der Waals surface area contributed by atoms with E-state index in [0.29, 0.717) is 11.1 Å². The molecule has 17 heavy (non-hydrogen) atoms. The quantitative estimate of drug-likeness (QED) is 0.863. The molecule has 0 bridgehead atoms. The summed E-state index contributed by atoms with van der Waals surface area (Å²) in [5.41, 5.74) is 1.99. The van der Waals surface area contributed by atoms with Gasteiger partial charge in [-0.3, -0.25) is 0 Å². The van der Waals surface area contributed by atoms with Crippen LogP contribution in [0.5, 0.6) is 0 Å². The number of rotatable bonds is 4. The molecule has 1 aliphatic carbocycles. The lowest BCUT2D eigenvalue weighted by molar-refractivity contribution is 0.314. The average molecular weight is 229 g/mol. The van der Waals surface area contributed by atoms with Gasteiger partial charge in [0.05, 0.1) is 0 Å². The van der Waals surface area contributed by atoms with Gasteiger partial charge < -0.3 is 5.32 Å². The molecular formula is C14H19N3. The molecule has 3 nitrogen and oxygen atoms in total. The van der Waals surface area contributed by atoms with E-state index in [0.717, 1.165) is 18.7 Å². The molecule has 1 saturated carbocycles. The Morgan fingerprint density at radius 2 is 2.24 bits per heavy atom. The minimum Gasteiger partial charge on any atom is -0.312 e. The summed E-state index contributed by atoms with van der Waals surface area (Å²) < 4.78 is 0. The van der Waals surface area contributed by atoms with Gasteiger partial charge in [-0.05, 0) is 24.3 Å². The number of hydrogen-bond donors (Lipinski definition) is 1. The van der Waals surface area contributed by atoms with Gasteiger partial charge in [0, 0.05) is 24.8 Å². The first-order valence-corrected chi connectivity index (χ1v) is 6.28. The number of nitrogens with zero attached hydrogens (tertiary/aromatic N) is 2. The summed E-state index contributed by atoms with van der Waals surface area (Å²) in [6.45, 7) is 4.13. The highest BCUT2D eigenvalue weighted by molar-refractivity contribution is 5.30. The summed E-state index contributed by atoms with van der Waals surface area (Å²) in [6.07, 6.45) is 7.01. The van der Waals surface area contributed by atoms with Gasteiger partial charge in [-0.2, -0.15) is 5.26 Å². The molecule has 0 unspecified atom stereocenters. The first kappa shape index (κ1) is 12.1. The van der Waals surface area contributed by atoms with Crippen LogP contribution in [0.25, 0.3) is 0 Å². The zero-order valence-corrected chi connectivity index (χ0v) is 10.4. The van der Waals surface area contributed by atoms with Crippen LogP contribution in [-0.2, 0) is 6.54 Å². The molecule has 3 heteroatoms. The van der Waals surface area contributed by atoms with Crippen LogP contribution in [-0.4, -0.2) is 11.5 Å². The summed E-state index contributed by atoms with van der Waals surface area (Å²) in [5.74, 6) is 0. The summed E-state index contributed by atoms with van der Waals surface area (Å²) in [5, 5.41) is 12.4. The third kappa shape index (κ3) is 3.04. The Morgan fingerprint density at radius 3 is 2.94 bits per heavy atom. The fourth-order valence-corrected chi connectivity index (χ4v) is 2.59. The maximum absolute atomic E-state index is 8.94. The Labute approximate surface area is 103 Å². The highest BCUT2D eigenvalue weighted by atomic mass is 14.9. The lowest BCUT2D eigenvalue weighted by Crippen LogP contribution is -2.29. The van der Waals surface area contributed by atoms with Crippen molar-refractivity contribution in [3.05, 3.63) is 29.6 Å². The Bertz CT molecular complexity index is 414. The summed E-state index contributed by atoms with van der Waals surface area (Å²) >= 11 is 0. The minimum atomic E-state index is 0.453. The smallest absolute Gasteiger partial charge is 0.144 e. The summed E-state index contributed by atoms with van der Waals surface area (Å²) in [7, 11) is 0. The lowest BCUT2D eigenvalue weighted by Gasteiger charge is -2.23. The van der Waals surface area contributed by atoms with Crippen molar-refractivity contribution < 1.29 is 0 Å². The monoisotopic (exact) mass is 229 g/mol. The highest BCUT2D eigenvalue weighted by Gasteiger charge is 2.27. The Balaban J connectivity index is 1.88.